The monoisotopic (exact) mass is 307 g/mol. The highest BCUT2D eigenvalue weighted by Gasteiger charge is 2.39. The first-order valence-electron chi connectivity index (χ1n) is 8.51. The number of aromatic nitrogens is 2. The fourth-order valence-electron chi connectivity index (χ4n) is 4.53. The Balaban J connectivity index is 1.51. The largest absolute Gasteiger partial charge is 0.472 e. The number of hydrogen-bond donors (Lipinski definition) is 0. The summed E-state index contributed by atoms with van der Waals surface area (Å²) < 4.78 is 7.47. The lowest BCUT2D eigenvalue weighted by Crippen LogP contribution is -2.40. The zero-order valence-corrected chi connectivity index (χ0v) is 13.4. The maximum absolute atomic E-state index is 5.20. The number of rotatable bonds is 2. The van der Waals surface area contributed by atoms with Crippen molar-refractivity contribution in [2.24, 2.45) is 0 Å². The topological polar surface area (TPSA) is 34.2 Å². The number of nitrogens with zero attached hydrogens (tertiary/aromatic N) is 3. The molecule has 2 atom stereocenters. The van der Waals surface area contributed by atoms with E-state index in [1.165, 1.54) is 42.1 Å². The molecule has 2 fully saturated rings. The average Bonchev–Trinajstić information content (AvgIpc) is 3.26. The van der Waals surface area contributed by atoms with Crippen LogP contribution in [-0.4, -0.2) is 33.8 Å². The maximum atomic E-state index is 5.20. The third-order valence-corrected chi connectivity index (χ3v) is 5.87. The molecule has 3 aromatic rings. The van der Waals surface area contributed by atoms with E-state index < -0.39 is 0 Å². The molecule has 4 heterocycles. The molecular weight excluding hydrogens is 286 g/mol. The van der Waals surface area contributed by atoms with Crippen LogP contribution in [0.1, 0.15) is 31.7 Å². The van der Waals surface area contributed by atoms with Crippen molar-refractivity contribution in [3.8, 4) is 11.1 Å². The zero-order valence-electron chi connectivity index (χ0n) is 13.4. The second kappa shape index (κ2) is 4.96. The highest BCUT2D eigenvalue weighted by molar-refractivity contribution is 5.84. The van der Waals surface area contributed by atoms with Gasteiger partial charge in [-0.2, -0.15) is 5.10 Å². The van der Waals surface area contributed by atoms with Crippen LogP contribution in [0.2, 0.25) is 0 Å². The normalized spacial score (nSPS) is 27.8. The molecule has 118 valence electrons. The smallest absolute Gasteiger partial charge is 0.0980 e. The fourth-order valence-corrected chi connectivity index (χ4v) is 4.53. The second-order valence-corrected chi connectivity index (χ2v) is 7.05. The molecule has 2 unspecified atom stereocenters. The van der Waals surface area contributed by atoms with Gasteiger partial charge in [-0.05, 0) is 56.5 Å². The molecule has 2 aliphatic rings. The summed E-state index contributed by atoms with van der Waals surface area (Å²) in [7, 11) is 2.29. The highest BCUT2D eigenvalue weighted by atomic mass is 16.3. The standard InChI is InChI=1S/C19H21N3O/c1-21-16-3-4-17(21)10-18(9-16)22-19-5-2-13(8-15(19)11-20-22)14-6-7-23-12-14/h2,5-8,11-12,16-18H,3-4,9-10H2,1H3. The molecule has 0 aliphatic carbocycles. The quantitative estimate of drug-likeness (QED) is 0.715. The van der Waals surface area contributed by atoms with E-state index in [2.05, 4.69) is 34.8 Å². The van der Waals surface area contributed by atoms with Gasteiger partial charge in [0.1, 0.15) is 0 Å². The lowest BCUT2D eigenvalue weighted by Gasteiger charge is -2.36. The van der Waals surface area contributed by atoms with Crippen LogP contribution in [0.3, 0.4) is 0 Å². The van der Waals surface area contributed by atoms with E-state index in [4.69, 9.17) is 9.52 Å². The molecule has 1 aromatic carbocycles. The Labute approximate surface area is 135 Å². The molecule has 2 bridgehead atoms. The van der Waals surface area contributed by atoms with E-state index >= 15 is 0 Å². The highest BCUT2D eigenvalue weighted by Crippen LogP contribution is 2.40. The van der Waals surface area contributed by atoms with Gasteiger partial charge in [-0.1, -0.05) is 6.07 Å². The van der Waals surface area contributed by atoms with Crippen molar-refractivity contribution in [1.29, 1.82) is 0 Å². The lowest BCUT2D eigenvalue weighted by atomic mass is 9.98. The van der Waals surface area contributed by atoms with Gasteiger partial charge in [0.15, 0.2) is 0 Å². The Bertz CT molecular complexity index is 822. The van der Waals surface area contributed by atoms with Gasteiger partial charge >= 0.3 is 0 Å². The SMILES string of the molecule is CN1C2CCC1CC(n1ncc3cc(-c4ccoc4)ccc31)C2. The third-order valence-electron chi connectivity index (χ3n) is 5.87. The van der Waals surface area contributed by atoms with Gasteiger partial charge in [-0.25, -0.2) is 0 Å². The Kier molecular flexibility index (Phi) is 2.89. The number of furan rings is 1. The van der Waals surface area contributed by atoms with Gasteiger partial charge in [-0.3, -0.25) is 4.68 Å². The van der Waals surface area contributed by atoms with Gasteiger partial charge in [0.2, 0.25) is 0 Å². The van der Waals surface area contributed by atoms with Crippen molar-refractivity contribution in [2.75, 3.05) is 7.05 Å². The van der Waals surface area contributed by atoms with Crippen molar-refractivity contribution in [3.63, 3.8) is 0 Å². The van der Waals surface area contributed by atoms with E-state index in [1.807, 2.05) is 12.3 Å². The molecule has 23 heavy (non-hydrogen) atoms. The summed E-state index contributed by atoms with van der Waals surface area (Å²) in [6.45, 7) is 0. The average molecular weight is 307 g/mol. The Hall–Kier alpha value is -2.07. The zero-order chi connectivity index (χ0) is 15.4. The summed E-state index contributed by atoms with van der Waals surface area (Å²) in [6, 6.07) is 10.6. The van der Waals surface area contributed by atoms with Crippen LogP contribution in [0.5, 0.6) is 0 Å². The molecule has 4 heteroatoms. The molecule has 5 rings (SSSR count). The van der Waals surface area contributed by atoms with Gasteiger partial charge < -0.3 is 9.32 Å². The van der Waals surface area contributed by atoms with Crippen LogP contribution in [0.4, 0.5) is 0 Å². The van der Waals surface area contributed by atoms with E-state index in [-0.39, 0.29) is 0 Å². The molecule has 2 saturated heterocycles. The third kappa shape index (κ3) is 2.05. The van der Waals surface area contributed by atoms with E-state index in [9.17, 15) is 0 Å². The van der Waals surface area contributed by atoms with Gasteiger partial charge in [0.05, 0.1) is 30.3 Å². The van der Waals surface area contributed by atoms with E-state index in [0.29, 0.717) is 6.04 Å². The molecule has 0 radical (unpaired) electrons. The van der Waals surface area contributed by atoms with Crippen LogP contribution < -0.4 is 0 Å². The molecule has 2 aliphatic heterocycles. The minimum absolute atomic E-state index is 0.543. The summed E-state index contributed by atoms with van der Waals surface area (Å²) in [5, 5.41) is 5.96. The number of benzene rings is 1. The summed E-state index contributed by atoms with van der Waals surface area (Å²) in [6.07, 6.45) is 10.7. The Morgan fingerprint density at radius 2 is 1.87 bits per heavy atom. The molecule has 4 nitrogen and oxygen atoms in total. The summed E-state index contributed by atoms with van der Waals surface area (Å²) in [4.78, 5) is 2.58. The summed E-state index contributed by atoms with van der Waals surface area (Å²) in [5.74, 6) is 0. The first kappa shape index (κ1) is 13.4. The number of piperidine rings is 1. The van der Waals surface area contributed by atoms with Crippen molar-refractivity contribution in [1.82, 2.24) is 14.7 Å². The molecule has 0 amide bonds. The van der Waals surface area contributed by atoms with Crippen molar-refractivity contribution in [2.45, 2.75) is 43.8 Å². The van der Waals surface area contributed by atoms with Crippen LogP contribution in [0, 0.1) is 0 Å². The van der Waals surface area contributed by atoms with Crippen molar-refractivity contribution < 1.29 is 4.42 Å². The minimum Gasteiger partial charge on any atom is -0.472 e. The van der Waals surface area contributed by atoms with Crippen LogP contribution in [0.25, 0.3) is 22.0 Å². The maximum Gasteiger partial charge on any atom is 0.0980 e. The molecular formula is C19H21N3O. The van der Waals surface area contributed by atoms with Crippen LogP contribution >= 0.6 is 0 Å². The van der Waals surface area contributed by atoms with E-state index in [1.54, 1.807) is 12.5 Å². The lowest BCUT2D eigenvalue weighted by molar-refractivity contribution is 0.133. The molecule has 0 saturated carbocycles. The van der Waals surface area contributed by atoms with Gasteiger partial charge in [-0.15, -0.1) is 0 Å². The number of fused-ring (bicyclic) bond motifs is 3. The first-order valence-corrected chi connectivity index (χ1v) is 8.51. The minimum atomic E-state index is 0.543. The van der Waals surface area contributed by atoms with Crippen LogP contribution in [0.15, 0.2) is 47.4 Å². The second-order valence-electron chi connectivity index (χ2n) is 7.05. The predicted octanol–water partition coefficient (Wildman–Crippen LogP) is 4.09. The predicted molar refractivity (Wildman–Crippen MR) is 90.3 cm³/mol. The Morgan fingerprint density at radius 3 is 2.61 bits per heavy atom. The summed E-state index contributed by atoms with van der Waals surface area (Å²) >= 11 is 0. The van der Waals surface area contributed by atoms with Crippen LogP contribution in [-0.2, 0) is 0 Å². The molecule has 0 N–H and O–H groups in total. The Morgan fingerprint density at radius 1 is 1.04 bits per heavy atom. The number of hydrogen-bond acceptors (Lipinski definition) is 3. The van der Waals surface area contributed by atoms with Crippen molar-refractivity contribution >= 4 is 10.9 Å². The molecule has 0 spiro atoms. The fraction of sp³-hybridized carbons (Fsp3) is 0.421. The van der Waals surface area contributed by atoms with Crippen molar-refractivity contribution in [3.05, 3.63) is 43.0 Å². The summed E-state index contributed by atoms with van der Waals surface area (Å²) in [5.41, 5.74) is 3.57. The van der Waals surface area contributed by atoms with E-state index in [0.717, 1.165) is 17.6 Å². The van der Waals surface area contributed by atoms with Gasteiger partial charge in [0.25, 0.3) is 0 Å². The molecule has 2 aromatic heterocycles. The van der Waals surface area contributed by atoms with Gasteiger partial charge in [0, 0.05) is 23.0 Å². The first-order chi connectivity index (χ1) is 11.3.